The first-order valence-corrected chi connectivity index (χ1v) is 10.5. The van der Waals surface area contributed by atoms with Crippen molar-refractivity contribution in [3.63, 3.8) is 0 Å². The van der Waals surface area contributed by atoms with Gasteiger partial charge in [0.15, 0.2) is 0 Å². The minimum atomic E-state index is -0.243. The number of morpholine rings is 1. The lowest BCUT2D eigenvalue weighted by Crippen LogP contribution is -2.37. The van der Waals surface area contributed by atoms with Crippen LogP contribution in [-0.2, 0) is 11.3 Å². The van der Waals surface area contributed by atoms with Crippen molar-refractivity contribution in [2.75, 3.05) is 32.8 Å². The van der Waals surface area contributed by atoms with Crippen LogP contribution in [0.2, 0.25) is 0 Å². The molecule has 158 valence electrons. The first-order valence-electron chi connectivity index (χ1n) is 10.5. The van der Waals surface area contributed by atoms with Crippen molar-refractivity contribution in [3.05, 3.63) is 75.7 Å². The van der Waals surface area contributed by atoms with Gasteiger partial charge in [-0.1, -0.05) is 6.07 Å². The molecule has 31 heavy (non-hydrogen) atoms. The Hall–Kier alpha value is -3.36. The molecule has 1 fully saturated rings. The van der Waals surface area contributed by atoms with E-state index in [-0.39, 0.29) is 11.1 Å². The van der Waals surface area contributed by atoms with Crippen LogP contribution in [0.15, 0.2) is 64.6 Å². The molecular formula is C23H23N5O3. The minimum absolute atomic E-state index is 0.124. The van der Waals surface area contributed by atoms with E-state index < -0.39 is 0 Å². The predicted octanol–water partition coefficient (Wildman–Crippen LogP) is 1.82. The van der Waals surface area contributed by atoms with Crippen LogP contribution < -0.4 is 11.1 Å². The monoisotopic (exact) mass is 417 g/mol. The number of aryl methyl sites for hydroxylation is 1. The summed E-state index contributed by atoms with van der Waals surface area (Å²) in [5.41, 5.74) is 0.792. The van der Waals surface area contributed by atoms with Crippen LogP contribution >= 0.6 is 0 Å². The summed E-state index contributed by atoms with van der Waals surface area (Å²) in [6.07, 6.45) is 5.97. The van der Waals surface area contributed by atoms with Crippen LogP contribution in [0.3, 0.4) is 0 Å². The molecule has 0 bridgehead atoms. The van der Waals surface area contributed by atoms with Gasteiger partial charge in [0.1, 0.15) is 5.82 Å². The number of hydrogen-bond acceptors (Lipinski definition) is 6. The Morgan fingerprint density at radius 2 is 1.68 bits per heavy atom. The van der Waals surface area contributed by atoms with Gasteiger partial charge in [-0.25, -0.2) is 9.97 Å². The molecule has 1 saturated heterocycles. The first kappa shape index (κ1) is 19.6. The lowest BCUT2D eigenvalue weighted by molar-refractivity contribution is 0.0369. The highest BCUT2D eigenvalue weighted by molar-refractivity contribution is 5.91. The zero-order valence-corrected chi connectivity index (χ0v) is 17.1. The summed E-state index contributed by atoms with van der Waals surface area (Å²) >= 11 is 0. The highest BCUT2D eigenvalue weighted by Gasteiger charge is 2.12. The van der Waals surface area contributed by atoms with Crippen molar-refractivity contribution in [1.29, 1.82) is 0 Å². The third-order valence-electron chi connectivity index (χ3n) is 5.69. The molecule has 0 atom stereocenters. The van der Waals surface area contributed by atoms with Crippen molar-refractivity contribution in [1.82, 2.24) is 24.0 Å². The summed E-state index contributed by atoms with van der Waals surface area (Å²) < 4.78 is 8.55. The molecule has 4 aromatic heterocycles. The van der Waals surface area contributed by atoms with Crippen molar-refractivity contribution in [2.24, 2.45) is 0 Å². The van der Waals surface area contributed by atoms with Crippen molar-refractivity contribution < 1.29 is 4.74 Å². The Balaban J connectivity index is 1.49. The third-order valence-corrected chi connectivity index (χ3v) is 5.69. The average Bonchev–Trinajstić information content (AvgIpc) is 2.81. The second kappa shape index (κ2) is 8.41. The number of hydrogen-bond donors (Lipinski definition) is 0. The van der Waals surface area contributed by atoms with Crippen LogP contribution in [0, 0.1) is 0 Å². The van der Waals surface area contributed by atoms with Crippen LogP contribution in [0.1, 0.15) is 6.42 Å². The number of nitrogens with zero attached hydrogens (tertiary/aromatic N) is 5. The Morgan fingerprint density at radius 3 is 2.45 bits per heavy atom. The van der Waals surface area contributed by atoms with Gasteiger partial charge < -0.3 is 9.30 Å². The molecule has 0 amide bonds. The molecule has 0 aromatic carbocycles. The van der Waals surface area contributed by atoms with E-state index in [1.54, 1.807) is 47.4 Å². The quantitative estimate of drug-likeness (QED) is 0.461. The van der Waals surface area contributed by atoms with E-state index in [9.17, 15) is 9.59 Å². The fourth-order valence-electron chi connectivity index (χ4n) is 4.01. The molecule has 4 aromatic rings. The molecule has 5 rings (SSSR count). The Labute approximate surface area is 178 Å². The van der Waals surface area contributed by atoms with Crippen LogP contribution in [0.5, 0.6) is 0 Å². The first-order chi connectivity index (χ1) is 15.2. The van der Waals surface area contributed by atoms with Crippen molar-refractivity contribution in [2.45, 2.75) is 13.0 Å². The van der Waals surface area contributed by atoms with E-state index in [0.29, 0.717) is 34.2 Å². The summed E-state index contributed by atoms with van der Waals surface area (Å²) in [7, 11) is 0. The molecule has 8 nitrogen and oxygen atoms in total. The van der Waals surface area contributed by atoms with E-state index in [1.807, 2.05) is 12.1 Å². The maximum Gasteiger partial charge on any atom is 0.265 e. The Kier molecular flexibility index (Phi) is 5.31. The summed E-state index contributed by atoms with van der Waals surface area (Å²) in [6, 6.07) is 10.7. The molecule has 8 heteroatoms. The molecule has 0 radical (unpaired) electrons. The Morgan fingerprint density at radius 1 is 0.903 bits per heavy atom. The number of rotatable bonds is 5. The van der Waals surface area contributed by atoms with E-state index >= 15 is 0 Å². The normalized spacial score (nSPS) is 15.0. The molecule has 1 aliphatic rings. The van der Waals surface area contributed by atoms with Crippen molar-refractivity contribution in [3.8, 4) is 5.82 Å². The van der Waals surface area contributed by atoms with Crippen molar-refractivity contribution >= 4 is 21.8 Å². The van der Waals surface area contributed by atoms with Crippen LogP contribution in [-0.4, -0.2) is 56.9 Å². The van der Waals surface area contributed by atoms with Gasteiger partial charge in [-0.2, -0.15) is 0 Å². The number of aromatic nitrogens is 4. The largest absolute Gasteiger partial charge is 0.379 e. The minimum Gasteiger partial charge on any atom is -0.379 e. The summed E-state index contributed by atoms with van der Waals surface area (Å²) in [4.78, 5) is 37.3. The van der Waals surface area contributed by atoms with Gasteiger partial charge >= 0.3 is 0 Å². The Bertz CT molecular complexity index is 1340. The van der Waals surface area contributed by atoms with E-state index in [1.165, 1.54) is 4.57 Å². The van der Waals surface area contributed by atoms with E-state index in [2.05, 4.69) is 14.9 Å². The maximum atomic E-state index is 13.1. The molecule has 1 aliphatic heterocycles. The zero-order valence-electron chi connectivity index (χ0n) is 17.1. The molecule has 0 saturated carbocycles. The lowest BCUT2D eigenvalue weighted by atomic mass is 10.2. The van der Waals surface area contributed by atoms with E-state index in [4.69, 9.17) is 4.74 Å². The standard InChI is InChI=1S/C23H23N5O3/c29-22-17-16-18-20(6-11-28(23(18)30)21-4-1-2-7-24-21)25-19(17)5-10-27(22)9-3-8-26-12-14-31-15-13-26/h1-2,4-7,10-11,16H,3,8-9,12-15H2. The fourth-order valence-corrected chi connectivity index (χ4v) is 4.01. The molecule has 0 N–H and O–H groups in total. The summed E-state index contributed by atoms with van der Waals surface area (Å²) in [5.74, 6) is 0.531. The predicted molar refractivity (Wildman–Crippen MR) is 119 cm³/mol. The van der Waals surface area contributed by atoms with Gasteiger partial charge in [-0.05, 0) is 36.8 Å². The summed E-state index contributed by atoms with van der Waals surface area (Å²) in [6.45, 7) is 4.96. The lowest BCUT2D eigenvalue weighted by Gasteiger charge is -2.26. The highest BCUT2D eigenvalue weighted by atomic mass is 16.5. The zero-order chi connectivity index (χ0) is 21.2. The highest BCUT2D eigenvalue weighted by Crippen LogP contribution is 2.15. The summed E-state index contributed by atoms with van der Waals surface area (Å²) in [5, 5.41) is 0.862. The van der Waals surface area contributed by atoms with Gasteiger partial charge in [0.2, 0.25) is 0 Å². The number of ether oxygens (including phenoxy) is 1. The molecule has 5 heterocycles. The fraction of sp³-hybridized carbons (Fsp3) is 0.304. The van der Waals surface area contributed by atoms with Gasteiger partial charge in [0, 0.05) is 44.8 Å². The van der Waals surface area contributed by atoms with E-state index in [0.717, 1.165) is 39.3 Å². The van der Waals surface area contributed by atoms with Crippen LogP contribution in [0.25, 0.3) is 27.6 Å². The molecule has 0 aliphatic carbocycles. The average molecular weight is 417 g/mol. The molecule has 0 unspecified atom stereocenters. The molecule has 0 spiro atoms. The SMILES string of the molecule is O=c1c2cc3c(=O)n(-c4ccccn4)ccc3nc2ccn1CCCN1CCOCC1. The number of pyridine rings is 4. The van der Waals surface area contributed by atoms with Gasteiger partial charge in [0.25, 0.3) is 11.1 Å². The third kappa shape index (κ3) is 3.87. The smallest absolute Gasteiger partial charge is 0.265 e. The molecular weight excluding hydrogens is 394 g/mol. The van der Waals surface area contributed by atoms with Crippen LogP contribution in [0.4, 0.5) is 0 Å². The maximum absolute atomic E-state index is 13.1. The number of fused-ring (bicyclic) bond motifs is 2. The van der Waals surface area contributed by atoms with Gasteiger partial charge in [-0.15, -0.1) is 0 Å². The van der Waals surface area contributed by atoms with Gasteiger partial charge in [-0.3, -0.25) is 19.1 Å². The second-order valence-corrected chi connectivity index (χ2v) is 7.65. The van der Waals surface area contributed by atoms with Gasteiger partial charge in [0.05, 0.1) is 35.0 Å². The second-order valence-electron chi connectivity index (χ2n) is 7.65. The topological polar surface area (TPSA) is 82.2 Å².